The number of nitrogens with one attached hydrogen (secondary N) is 1. The number of rotatable bonds is 6. The zero-order valence-electron chi connectivity index (χ0n) is 12.0. The quantitative estimate of drug-likeness (QED) is 0.745. The lowest BCUT2D eigenvalue weighted by atomic mass is 10.0. The number of nitrogens with zero attached hydrogens (tertiary/aromatic N) is 1. The van der Waals surface area contributed by atoms with Crippen LogP contribution in [0.15, 0.2) is 0 Å². The largest absolute Gasteiger partial charge is 0.343 e. The summed E-state index contributed by atoms with van der Waals surface area (Å²) in [4.78, 5) is 26.1. The summed E-state index contributed by atoms with van der Waals surface area (Å²) in [5.74, 6) is 0.137. The van der Waals surface area contributed by atoms with Crippen LogP contribution in [0.3, 0.4) is 0 Å². The van der Waals surface area contributed by atoms with Crippen LogP contribution in [0.25, 0.3) is 0 Å². The second-order valence-electron chi connectivity index (χ2n) is 5.77. The van der Waals surface area contributed by atoms with Gasteiger partial charge in [0.1, 0.15) is 21.9 Å². The molecule has 0 aromatic rings. The lowest BCUT2D eigenvalue weighted by molar-refractivity contribution is -0.150. The molecule has 1 aliphatic heterocycles. The predicted molar refractivity (Wildman–Crippen MR) is 74.8 cm³/mol. The third kappa shape index (κ3) is 3.50. The first-order chi connectivity index (χ1) is 9.33. The Labute approximate surface area is 119 Å². The number of hydrogen-bond acceptors (Lipinski definition) is 4. The molecule has 0 aromatic heterocycles. The Morgan fingerprint density at radius 3 is 2.45 bits per heavy atom. The Bertz CT molecular complexity index is 499. The van der Waals surface area contributed by atoms with E-state index >= 15 is 0 Å². The first-order valence-electron chi connectivity index (χ1n) is 7.12. The van der Waals surface area contributed by atoms with E-state index in [2.05, 4.69) is 5.32 Å². The van der Waals surface area contributed by atoms with E-state index in [0.717, 1.165) is 12.8 Å². The fourth-order valence-electron chi connectivity index (χ4n) is 2.70. The lowest BCUT2D eigenvalue weighted by Crippen LogP contribution is -2.64. The number of carbonyl (C=O) groups is 2. The Kier molecular flexibility index (Phi) is 4.36. The van der Waals surface area contributed by atoms with E-state index in [1.807, 2.05) is 6.92 Å². The van der Waals surface area contributed by atoms with E-state index in [4.69, 9.17) is 0 Å². The minimum atomic E-state index is -3.04. The monoisotopic (exact) mass is 302 g/mol. The van der Waals surface area contributed by atoms with Crippen LogP contribution < -0.4 is 5.32 Å². The van der Waals surface area contributed by atoms with Gasteiger partial charge in [0.25, 0.3) is 0 Å². The van der Waals surface area contributed by atoms with Crippen molar-refractivity contribution in [3.8, 4) is 0 Å². The maximum atomic E-state index is 12.4. The molecule has 1 saturated carbocycles. The molecule has 1 aliphatic carbocycles. The zero-order chi connectivity index (χ0) is 14.9. The summed E-state index contributed by atoms with van der Waals surface area (Å²) in [6.45, 7) is 2.20. The van der Waals surface area contributed by atoms with Gasteiger partial charge in [0, 0.05) is 12.8 Å². The van der Waals surface area contributed by atoms with Crippen molar-refractivity contribution in [2.24, 2.45) is 5.92 Å². The Morgan fingerprint density at radius 1 is 1.30 bits per heavy atom. The molecule has 1 N–H and O–H groups in total. The topological polar surface area (TPSA) is 83.6 Å². The van der Waals surface area contributed by atoms with E-state index in [1.165, 1.54) is 6.26 Å². The van der Waals surface area contributed by atoms with Crippen LogP contribution in [0.1, 0.15) is 32.6 Å². The van der Waals surface area contributed by atoms with Crippen LogP contribution in [-0.2, 0) is 19.4 Å². The fraction of sp³-hybridized carbons (Fsp3) is 0.846. The van der Waals surface area contributed by atoms with Crippen molar-refractivity contribution in [3.05, 3.63) is 0 Å². The highest BCUT2D eigenvalue weighted by Crippen LogP contribution is 2.37. The summed E-state index contributed by atoms with van der Waals surface area (Å²) in [5, 5.41) is 2.78. The van der Waals surface area contributed by atoms with Crippen molar-refractivity contribution >= 4 is 21.7 Å². The van der Waals surface area contributed by atoms with Gasteiger partial charge in [-0.3, -0.25) is 9.59 Å². The zero-order valence-corrected chi connectivity index (χ0v) is 12.8. The maximum Gasteiger partial charge on any atom is 0.245 e. The predicted octanol–water partition coefficient (Wildman–Crippen LogP) is -0.0633. The van der Waals surface area contributed by atoms with Gasteiger partial charge in [0.15, 0.2) is 0 Å². The van der Waals surface area contributed by atoms with Crippen molar-refractivity contribution in [2.45, 2.75) is 44.7 Å². The first kappa shape index (κ1) is 15.3. The number of carbonyl (C=O) groups excluding carboxylic acids is 2. The number of hydrogen-bond donors (Lipinski definition) is 1. The Morgan fingerprint density at radius 2 is 1.95 bits per heavy atom. The van der Waals surface area contributed by atoms with Crippen LogP contribution in [0.2, 0.25) is 0 Å². The van der Waals surface area contributed by atoms with Gasteiger partial charge in [-0.1, -0.05) is 6.92 Å². The van der Waals surface area contributed by atoms with Crippen LogP contribution in [0, 0.1) is 5.92 Å². The van der Waals surface area contributed by atoms with Crippen LogP contribution >= 0.6 is 0 Å². The van der Waals surface area contributed by atoms with Crippen LogP contribution in [0.5, 0.6) is 0 Å². The molecule has 114 valence electrons. The minimum absolute atomic E-state index is 0.0482. The molecule has 6 nitrogen and oxygen atoms in total. The normalized spacial score (nSPS) is 27.6. The molecule has 2 aliphatic rings. The lowest BCUT2D eigenvalue weighted by Gasteiger charge is -2.39. The van der Waals surface area contributed by atoms with Gasteiger partial charge in [-0.25, -0.2) is 8.42 Å². The Hall–Kier alpha value is -1.11. The van der Waals surface area contributed by atoms with Crippen molar-refractivity contribution in [3.63, 3.8) is 0 Å². The molecule has 20 heavy (non-hydrogen) atoms. The maximum absolute atomic E-state index is 12.4. The number of amides is 2. The van der Waals surface area contributed by atoms with Crippen molar-refractivity contribution in [1.29, 1.82) is 0 Å². The third-order valence-corrected chi connectivity index (χ3v) is 4.92. The molecule has 7 heteroatoms. The standard InChI is InChI=1S/C13H22N2O4S/c1-3-10-13(17)15(7-4-8-20(2,18)19)11(9-5-6-9)12(16)14-10/h9-11H,3-8H2,1-2H3,(H,14,16). The molecule has 0 aromatic carbocycles. The smallest absolute Gasteiger partial charge is 0.245 e. The molecule has 1 saturated heterocycles. The van der Waals surface area contributed by atoms with Gasteiger partial charge in [-0.15, -0.1) is 0 Å². The van der Waals surface area contributed by atoms with Crippen LogP contribution in [0.4, 0.5) is 0 Å². The highest BCUT2D eigenvalue weighted by atomic mass is 32.2. The second kappa shape index (κ2) is 5.71. The number of sulfone groups is 1. The molecule has 2 atom stereocenters. The van der Waals surface area contributed by atoms with Gasteiger partial charge in [-0.05, 0) is 31.6 Å². The number of piperazine rings is 1. The molecule has 2 fully saturated rings. The van der Waals surface area contributed by atoms with Gasteiger partial charge in [-0.2, -0.15) is 0 Å². The van der Waals surface area contributed by atoms with Gasteiger partial charge in [0.2, 0.25) is 11.8 Å². The molecule has 2 amide bonds. The average molecular weight is 302 g/mol. The van der Waals surface area contributed by atoms with Gasteiger partial charge >= 0.3 is 0 Å². The first-order valence-corrected chi connectivity index (χ1v) is 9.18. The molecule has 0 bridgehead atoms. The van der Waals surface area contributed by atoms with Gasteiger partial charge < -0.3 is 10.2 Å². The van der Waals surface area contributed by atoms with E-state index < -0.39 is 21.9 Å². The minimum Gasteiger partial charge on any atom is -0.343 e. The molecule has 1 heterocycles. The second-order valence-corrected chi connectivity index (χ2v) is 8.03. The summed E-state index contributed by atoms with van der Waals surface area (Å²) in [6.07, 6.45) is 4.06. The van der Waals surface area contributed by atoms with Crippen LogP contribution in [-0.4, -0.2) is 55.8 Å². The van der Waals surface area contributed by atoms with Crippen molar-refractivity contribution in [2.75, 3.05) is 18.6 Å². The van der Waals surface area contributed by atoms with E-state index in [1.54, 1.807) is 4.90 Å². The summed E-state index contributed by atoms with van der Waals surface area (Å²) in [7, 11) is -3.04. The summed E-state index contributed by atoms with van der Waals surface area (Å²) >= 11 is 0. The fourth-order valence-corrected chi connectivity index (χ4v) is 3.35. The summed E-state index contributed by atoms with van der Waals surface area (Å²) < 4.78 is 22.4. The molecule has 2 unspecified atom stereocenters. The Balaban J connectivity index is 2.06. The van der Waals surface area contributed by atoms with E-state index in [0.29, 0.717) is 19.4 Å². The van der Waals surface area contributed by atoms with E-state index in [9.17, 15) is 18.0 Å². The summed E-state index contributed by atoms with van der Waals surface area (Å²) in [6, 6.07) is -0.861. The molecule has 0 spiro atoms. The summed E-state index contributed by atoms with van der Waals surface area (Å²) in [5.41, 5.74) is 0. The third-order valence-electron chi connectivity index (χ3n) is 3.89. The molecule has 2 rings (SSSR count). The van der Waals surface area contributed by atoms with Crippen molar-refractivity contribution in [1.82, 2.24) is 10.2 Å². The van der Waals surface area contributed by atoms with Gasteiger partial charge in [0.05, 0.1) is 5.75 Å². The highest BCUT2D eigenvalue weighted by molar-refractivity contribution is 7.90. The van der Waals surface area contributed by atoms with E-state index in [-0.39, 0.29) is 23.5 Å². The highest BCUT2D eigenvalue weighted by Gasteiger charge is 2.47. The molecular weight excluding hydrogens is 280 g/mol. The molecular formula is C13H22N2O4S. The SMILES string of the molecule is CCC1NC(=O)C(C2CC2)N(CCCS(C)(=O)=O)C1=O. The average Bonchev–Trinajstić information content (AvgIpc) is 3.15. The van der Waals surface area contributed by atoms with Crippen molar-refractivity contribution < 1.29 is 18.0 Å². The molecule has 0 radical (unpaired) electrons.